The molecule has 4 heteroatoms. The normalized spacial score (nSPS) is 11.5. The van der Waals surface area contributed by atoms with E-state index in [-0.39, 0.29) is 5.41 Å². The lowest BCUT2D eigenvalue weighted by Crippen LogP contribution is -2.16. The van der Waals surface area contributed by atoms with Crippen molar-refractivity contribution in [2.24, 2.45) is 0 Å². The molecule has 1 heterocycles. The summed E-state index contributed by atoms with van der Waals surface area (Å²) in [5.41, 5.74) is 2.23. The number of aryl methyl sites for hydroxylation is 2. The average Bonchev–Trinajstić information content (AvgIpc) is 2.32. The van der Waals surface area contributed by atoms with E-state index in [0.29, 0.717) is 16.9 Å². The van der Waals surface area contributed by atoms with Gasteiger partial charge in [-0.1, -0.05) is 38.4 Å². The van der Waals surface area contributed by atoms with Crippen LogP contribution in [-0.4, -0.2) is 9.97 Å². The molecule has 0 bridgehead atoms. The summed E-state index contributed by atoms with van der Waals surface area (Å²) in [5, 5.41) is 0.392. The Morgan fingerprint density at radius 3 is 2.30 bits per heavy atom. The molecule has 0 atom stereocenters. The van der Waals surface area contributed by atoms with Crippen LogP contribution in [-0.2, 0) is 5.41 Å². The predicted molar refractivity (Wildman–Crippen MR) is 81.7 cm³/mol. The van der Waals surface area contributed by atoms with Gasteiger partial charge in [0.2, 0.25) is 5.88 Å². The van der Waals surface area contributed by atoms with Crippen LogP contribution in [0.2, 0.25) is 5.15 Å². The number of ether oxygens (including phenoxy) is 1. The highest BCUT2D eigenvalue weighted by Gasteiger charge is 2.19. The van der Waals surface area contributed by atoms with Crippen LogP contribution < -0.4 is 4.74 Å². The van der Waals surface area contributed by atoms with Crippen LogP contribution in [0.4, 0.5) is 0 Å². The summed E-state index contributed by atoms with van der Waals surface area (Å²) in [6.45, 7) is 10.2. The lowest BCUT2D eigenvalue weighted by Gasteiger charge is -2.17. The molecule has 0 amide bonds. The van der Waals surface area contributed by atoms with Crippen molar-refractivity contribution < 1.29 is 4.74 Å². The highest BCUT2D eigenvalue weighted by Crippen LogP contribution is 2.27. The maximum absolute atomic E-state index is 6.05. The van der Waals surface area contributed by atoms with Gasteiger partial charge in [-0.15, -0.1) is 0 Å². The fourth-order valence-electron chi connectivity index (χ4n) is 1.68. The van der Waals surface area contributed by atoms with Crippen molar-refractivity contribution >= 4 is 11.6 Å². The zero-order valence-corrected chi connectivity index (χ0v) is 13.2. The van der Waals surface area contributed by atoms with Crippen LogP contribution in [0.15, 0.2) is 24.3 Å². The highest BCUT2D eigenvalue weighted by atomic mass is 35.5. The van der Waals surface area contributed by atoms with Crippen molar-refractivity contribution in [3.63, 3.8) is 0 Å². The zero-order chi connectivity index (χ0) is 14.9. The van der Waals surface area contributed by atoms with E-state index in [4.69, 9.17) is 16.3 Å². The Kier molecular flexibility index (Phi) is 4.00. The number of halogens is 1. The zero-order valence-electron chi connectivity index (χ0n) is 12.5. The van der Waals surface area contributed by atoms with E-state index in [9.17, 15) is 0 Å². The Morgan fingerprint density at radius 2 is 1.70 bits per heavy atom. The predicted octanol–water partition coefficient (Wildman–Crippen LogP) is 4.84. The molecule has 0 unspecified atom stereocenters. The summed E-state index contributed by atoms with van der Waals surface area (Å²) in [6, 6.07) is 7.57. The Labute approximate surface area is 125 Å². The van der Waals surface area contributed by atoms with Crippen molar-refractivity contribution in [3.8, 4) is 11.6 Å². The Balaban J connectivity index is 2.33. The van der Waals surface area contributed by atoms with Gasteiger partial charge in [-0.05, 0) is 37.1 Å². The van der Waals surface area contributed by atoms with E-state index in [0.717, 1.165) is 5.75 Å². The first-order valence-electron chi connectivity index (χ1n) is 6.56. The van der Waals surface area contributed by atoms with Crippen molar-refractivity contribution in [1.82, 2.24) is 9.97 Å². The van der Waals surface area contributed by atoms with E-state index >= 15 is 0 Å². The summed E-state index contributed by atoms with van der Waals surface area (Å²) in [6.07, 6.45) is 0. The first kappa shape index (κ1) is 14.8. The number of aromatic nitrogens is 2. The molecule has 0 radical (unpaired) electrons. The fourth-order valence-corrected chi connectivity index (χ4v) is 1.86. The third kappa shape index (κ3) is 3.48. The molecule has 0 aliphatic rings. The van der Waals surface area contributed by atoms with Gasteiger partial charge >= 0.3 is 0 Å². The minimum Gasteiger partial charge on any atom is -0.439 e. The standard InChI is InChI=1S/C16H19ClN2O/c1-10-6-7-12(8-11(10)2)20-14-9-13(17)18-15(19-14)16(3,4)5/h6-9H,1-5H3. The van der Waals surface area contributed by atoms with E-state index in [1.54, 1.807) is 6.07 Å². The van der Waals surface area contributed by atoms with Gasteiger partial charge in [0.1, 0.15) is 16.7 Å². The van der Waals surface area contributed by atoms with Crippen molar-refractivity contribution in [3.05, 3.63) is 46.4 Å². The molecule has 0 saturated carbocycles. The quantitative estimate of drug-likeness (QED) is 0.743. The Morgan fingerprint density at radius 1 is 1.00 bits per heavy atom. The molecule has 2 rings (SSSR count). The molecule has 1 aromatic heterocycles. The van der Waals surface area contributed by atoms with Crippen molar-refractivity contribution in [2.45, 2.75) is 40.0 Å². The second-order valence-corrected chi connectivity index (χ2v) is 6.34. The summed E-state index contributed by atoms with van der Waals surface area (Å²) in [5.74, 6) is 1.89. The van der Waals surface area contributed by atoms with E-state index in [1.165, 1.54) is 11.1 Å². The number of rotatable bonds is 2. The molecule has 0 aliphatic heterocycles. The first-order chi connectivity index (χ1) is 9.25. The topological polar surface area (TPSA) is 35.0 Å². The molecular weight excluding hydrogens is 272 g/mol. The lowest BCUT2D eigenvalue weighted by atomic mass is 9.96. The fraction of sp³-hybridized carbons (Fsp3) is 0.375. The van der Waals surface area contributed by atoms with Gasteiger partial charge in [-0.25, -0.2) is 4.98 Å². The minimum absolute atomic E-state index is 0.174. The molecular formula is C16H19ClN2O. The van der Waals surface area contributed by atoms with Crippen LogP contribution >= 0.6 is 11.6 Å². The third-order valence-electron chi connectivity index (χ3n) is 3.04. The molecule has 0 aliphatic carbocycles. The minimum atomic E-state index is -0.174. The van der Waals surface area contributed by atoms with Gasteiger partial charge in [-0.3, -0.25) is 0 Å². The number of hydrogen-bond donors (Lipinski definition) is 0. The molecule has 0 spiro atoms. The van der Waals surface area contributed by atoms with Gasteiger partial charge in [0, 0.05) is 11.5 Å². The lowest BCUT2D eigenvalue weighted by molar-refractivity contribution is 0.445. The van der Waals surface area contributed by atoms with Gasteiger partial charge in [0.15, 0.2) is 0 Å². The van der Waals surface area contributed by atoms with Gasteiger partial charge in [0.25, 0.3) is 0 Å². The number of nitrogens with zero attached hydrogens (tertiary/aromatic N) is 2. The van der Waals surface area contributed by atoms with Gasteiger partial charge in [-0.2, -0.15) is 4.98 Å². The summed E-state index contributed by atoms with van der Waals surface area (Å²) in [7, 11) is 0. The van der Waals surface area contributed by atoms with E-state index in [1.807, 2.05) is 39.0 Å². The summed E-state index contributed by atoms with van der Waals surface area (Å²) >= 11 is 6.05. The maximum Gasteiger partial charge on any atom is 0.224 e. The third-order valence-corrected chi connectivity index (χ3v) is 3.24. The molecule has 0 saturated heterocycles. The number of benzene rings is 1. The van der Waals surface area contributed by atoms with Crippen LogP contribution in [0.3, 0.4) is 0 Å². The van der Waals surface area contributed by atoms with E-state index < -0.39 is 0 Å². The largest absolute Gasteiger partial charge is 0.439 e. The Hall–Kier alpha value is -1.61. The SMILES string of the molecule is Cc1ccc(Oc2cc(Cl)nc(C(C)(C)C)n2)cc1C. The average molecular weight is 291 g/mol. The number of hydrogen-bond acceptors (Lipinski definition) is 3. The summed E-state index contributed by atoms with van der Waals surface area (Å²) < 4.78 is 5.80. The van der Waals surface area contributed by atoms with Crippen molar-refractivity contribution in [2.75, 3.05) is 0 Å². The molecule has 106 valence electrons. The second kappa shape index (κ2) is 5.41. The molecule has 0 N–H and O–H groups in total. The molecule has 0 fully saturated rings. The first-order valence-corrected chi connectivity index (χ1v) is 6.94. The monoisotopic (exact) mass is 290 g/mol. The Bertz CT molecular complexity index is 633. The van der Waals surface area contributed by atoms with Crippen LogP contribution in [0, 0.1) is 13.8 Å². The van der Waals surface area contributed by atoms with E-state index in [2.05, 4.69) is 23.8 Å². The molecule has 3 nitrogen and oxygen atoms in total. The van der Waals surface area contributed by atoms with Crippen LogP contribution in [0.5, 0.6) is 11.6 Å². The summed E-state index contributed by atoms with van der Waals surface area (Å²) in [4.78, 5) is 8.69. The molecule has 2 aromatic rings. The molecule has 20 heavy (non-hydrogen) atoms. The maximum atomic E-state index is 6.05. The van der Waals surface area contributed by atoms with Gasteiger partial charge in [0.05, 0.1) is 0 Å². The van der Waals surface area contributed by atoms with Crippen molar-refractivity contribution in [1.29, 1.82) is 0 Å². The van der Waals surface area contributed by atoms with Crippen LogP contribution in [0.1, 0.15) is 37.7 Å². The highest BCUT2D eigenvalue weighted by molar-refractivity contribution is 6.29. The second-order valence-electron chi connectivity index (χ2n) is 5.95. The van der Waals surface area contributed by atoms with Crippen LogP contribution in [0.25, 0.3) is 0 Å². The smallest absolute Gasteiger partial charge is 0.224 e. The van der Waals surface area contributed by atoms with Gasteiger partial charge < -0.3 is 4.74 Å². The molecule has 1 aromatic carbocycles.